The van der Waals surface area contributed by atoms with E-state index < -0.39 is 0 Å². The molecule has 0 bridgehead atoms. The number of aromatic nitrogens is 2. The fourth-order valence-corrected chi connectivity index (χ4v) is 2.58. The molecule has 3 aromatic rings. The molecule has 23 heavy (non-hydrogen) atoms. The van der Waals surface area contributed by atoms with E-state index in [1.807, 2.05) is 50.5 Å². The molecule has 1 aromatic heterocycles. The third-order valence-corrected chi connectivity index (χ3v) is 3.80. The minimum Gasteiger partial charge on any atom is -0.468 e. The van der Waals surface area contributed by atoms with Crippen LogP contribution in [0.1, 0.15) is 0 Å². The molecule has 0 fully saturated rings. The Kier molecular flexibility index (Phi) is 4.02. The van der Waals surface area contributed by atoms with Crippen LogP contribution in [-0.2, 0) is 16.1 Å². The van der Waals surface area contributed by atoms with Crippen LogP contribution in [-0.4, -0.2) is 37.0 Å². The fourth-order valence-electron chi connectivity index (χ4n) is 2.58. The zero-order chi connectivity index (χ0) is 16.4. The number of rotatable bonds is 4. The van der Waals surface area contributed by atoms with E-state index in [0.717, 1.165) is 27.8 Å². The molecule has 3 rings (SSSR count). The maximum atomic E-state index is 11.6. The zero-order valence-electron chi connectivity index (χ0n) is 13.5. The molecule has 0 saturated carbocycles. The van der Waals surface area contributed by atoms with E-state index in [2.05, 4.69) is 22.1 Å². The van der Waals surface area contributed by atoms with E-state index in [1.165, 1.54) is 7.11 Å². The van der Waals surface area contributed by atoms with Gasteiger partial charge in [-0.05, 0) is 18.2 Å². The molecule has 2 aromatic carbocycles. The first-order valence-electron chi connectivity index (χ1n) is 7.40. The molecule has 118 valence electrons. The van der Waals surface area contributed by atoms with Crippen LogP contribution in [0.3, 0.4) is 0 Å². The molecule has 0 aliphatic heterocycles. The molecule has 0 saturated heterocycles. The third kappa shape index (κ3) is 2.90. The van der Waals surface area contributed by atoms with Crippen LogP contribution in [0, 0.1) is 0 Å². The van der Waals surface area contributed by atoms with Crippen molar-refractivity contribution in [3.8, 4) is 11.3 Å². The van der Waals surface area contributed by atoms with Crippen molar-refractivity contribution < 1.29 is 9.53 Å². The monoisotopic (exact) mass is 309 g/mol. The molecule has 0 amide bonds. The second kappa shape index (κ2) is 6.12. The highest BCUT2D eigenvalue weighted by Gasteiger charge is 2.14. The summed E-state index contributed by atoms with van der Waals surface area (Å²) in [6.07, 6.45) is 0. The van der Waals surface area contributed by atoms with E-state index in [-0.39, 0.29) is 12.5 Å². The SMILES string of the molecule is COC(=O)Cn1nc(-c2cccc(N(C)C)c2)c2ccccc21. The van der Waals surface area contributed by atoms with E-state index >= 15 is 0 Å². The Morgan fingerprint density at radius 2 is 1.96 bits per heavy atom. The first-order chi connectivity index (χ1) is 11.1. The lowest BCUT2D eigenvalue weighted by molar-refractivity contribution is -0.141. The van der Waals surface area contributed by atoms with Gasteiger partial charge in [-0.1, -0.05) is 30.3 Å². The average molecular weight is 309 g/mol. The van der Waals surface area contributed by atoms with E-state index in [0.29, 0.717) is 0 Å². The fraction of sp³-hybridized carbons (Fsp3) is 0.222. The predicted octanol–water partition coefficient (Wildman–Crippen LogP) is 2.94. The van der Waals surface area contributed by atoms with Crippen LogP contribution in [0.15, 0.2) is 48.5 Å². The van der Waals surface area contributed by atoms with Crippen molar-refractivity contribution in [2.75, 3.05) is 26.1 Å². The normalized spacial score (nSPS) is 10.7. The number of ether oxygens (including phenoxy) is 1. The summed E-state index contributed by atoms with van der Waals surface area (Å²) in [6.45, 7) is 0.102. The molecule has 5 heteroatoms. The van der Waals surface area contributed by atoms with Crippen LogP contribution < -0.4 is 4.90 Å². The lowest BCUT2D eigenvalue weighted by atomic mass is 10.1. The number of fused-ring (bicyclic) bond motifs is 1. The van der Waals surface area contributed by atoms with Gasteiger partial charge in [-0.2, -0.15) is 5.10 Å². The van der Waals surface area contributed by atoms with Gasteiger partial charge < -0.3 is 9.64 Å². The molecule has 5 nitrogen and oxygen atoms in total. The third-order valence-electron chi connectivity index (χ3n) is 3.80. The van der Waals surface area contributed by atoms with Gasteiger partial charge in [-0.3, -0.25) is 9.48 Å². The number of benzene rings is 2. The first-order valence-corrected chi connectivity index (χ1v) is 7.40. The summed E-state index contributed by atoms with van der Waals surface area (Å²) in [5.41, 5.74) is 3.92. The van der Waals surface area contributed by atoms with Crippen molar-refractivity contribution in [1.82, 2.24) is 9.78 Å². The summed E-state index contributed by atoms with van der Waals surface area (Å²) in [5, 5.41) is 5.67. The number of hydrogen-bond donors (Lipinski definition) is 0. The number of nitrogens with zero attached hydrogens (tertiary/aromatic N) is 3. The Labute approximate surface area is 135 Å². The molecule has 0 aliphatic carbocycles. The van der Waals surface area contributed by atoms with Gasteiger partial charge >= 0.3 is 5.97 Å². The standard InChI is InChI=1S/C18H19N3O2/c1-20(2)14-8-6-7-13(11-14)18-15-9-4-5-10-16(15)21(19-18)12-17(22)23-3/h4-11H,12H2,1-3H3. The van der Waals surface area contributed by atoms with Gasteiger partial charge in [0, 0.05) is 30.7 Å². The average Bonchev–Trinajstić information content (AvgIpc) is 2.93. The van der Waals surface area contributed by atoms with Crippen molar-refractivity contribution in [2.24, 2.45) is 0 Å². The molecule has 0 aliphatic rings. The molecular weight excluding hydrogens is 290 g/mol. The van der Waals surface area contributed by atoms with Crippen molar-refractivity contribution in [3.05, 3.63) is 48.5 Å². The van der Waals surface area contributed by atoms with E-state index in [9.17, 15) is 4.79 Å². The van der Waals surface area contributed by atoms with Gasteiger partial charge in [-0.15, -0.1) is 0 Å². The Morgan fingerprint density at radius 1 is 1.17 bits per heavy atom. The largest absolute Gasteiger partial charge is 0.468 e. The summed E-state index contributed by atoms with van der Waals surface area (Å²) in [7, 11) is 5.40. The lowest BCUT2D eigenvalue weighted by Gasteiger charge is -2.13. The minimum atomic E-state index is -0.313. The number of carbonyl (C=O) groups excluding carboxylic acids is 1. The molecule has 1 heterocycles. The number of para-hydroxylation sites is 1. The van der Waals surface area contributed by atoms with Gasteiger partial charge in [0.1, 0.15) is 12.2 Å². The van der Waals surface area contributed by atoms with E-state index in [4.69, 9.17) is 4.74 Å². The minimum absolute atomic E-state index is 0.102. The summed E-state index contributed by atoms with van der Waals surface area (Å²) in [4.78, 5) is 13.7. The Morgan fingerprint density at radius 3 is 2.70 bits per heavy atom. The number of anilines is 1. The molecule has 0 atom stereocenters. The molecule has 0 radical (unpaired) electrons. The van der Waals surface area contributed by atoms with Crippen LogP contribution in [0.2, 0.25) is 0 Å². The summed E-state index contributed by atoms with van der Waals surface area (Å²) in [6, 6.07) is 16.1. The quantitative estimate of drug-likeness (QED) is 0.695. The smallest absolute Gasteiger partial charge is 0.327 e. The van der Waals surface area contributed by atoms with Crippen LogP contribution in [0.4, 0.5) is 5.69 Å². The predicted molar refractivity (Wildman–Crippen MR) is 91.5 cm³/mol. The van der Waals surface area contributed by atoms with Gasteiger partial charge in [0.15, 0.2) is 0 Å². The van der Waals surface area contributed by atoms with Crippen molar-refractivity contribution in [2.45, 2.75) is 6.54 Å². The van der Waals surface area contributed by atoms with E-state index in [1.54, 1.807) is 4.68 Å². The Balaban J connectivity index is 2.14. The van der Waals surface area contributed by atoms with Crippen LogP contribution in [0.5, 0.6) is 0 Å². The molecule has 0 unspecified atom stereocenters. The number of hydrogen-bond acceptors (Lipinski definition) is 4. The van der Waals surface area contributed by atoms with Crippen molar-refractivity contribution in [1.29, 1.82) is 0 Å². The number of methoxy groups -OCH3 is 1. The number of esters is 1. The molecule has 0 spiro atoms. The lowest BCUT2D eigenvalue weighted by Crippen LogP contribution is -2.12. The maximum Gasteiger partial charge on any atom is 0.327 e. The highest BCUT2D eigenvalue weighted by Crippen LogP contribution is 2.30. The first kappa shape index (κ1) is 15.1. The zero-order valence-corrected chi connectivity index (χ0v) is 13.5. The van der Waals surface area contributed by atoms with Gasteiger partial charge in [0.05, 0.1) is 12.6 Å². The topological polar surface area (TPSA) is 47.4 Å². The second-order valence-corrected chi connectivity index (χ2v) is 5.54. The van der Waals surface area contributed by atoms with Gasteiger partial charge in [0.25, 0.3) is 0 Å². The number of carbonyl (C=O) groups is 1. The molecular formula is C18H19N3O2. The second-order valence-electron chi connectivity index (χ2n) is 5.54. The van der Waals surface area contributed by atoms with Crippen molar-refractivity contribution >= 4 is 22.6 Å². The summed E-state index contributed by atoms with van der Waals surface area (Å²) < 4.78 is 6.46. The highest BCUT2D eigenvalue weighted by molar-refractivity contribution is 5.94. The van der Waals surface area contributed by atoms with Crippen LogP contribution in [0.25, 0.3) is 22.2 Å². The summed E-state index contributed by atoms with van der Waals surface area (Å²) in [5.74, 6) is -0.313. The van der Waals surface area contributed by atoms with Crippen molar-refractivity contribution in [3.63, 3.8) is 0 Å². The Bertz CT molecular complexity index is 852. The van der Waals surface area contributed by atoms with Gasteiger partial charge in [0.2, 0.25) is 0 Å². The Hall–Kier alpha value is -2.82. The highest BCUT2D eigenvalue weighted by atomic mass is 16.5. The summed E-state index contributed by atoms with van der Waals surface area (Å²) >= 11 is 0. The maximum absolute atomic E-state index is 11.6. The van der Waals surface area contributed by atoms with Crippen LogP contribution >= 0.6 is 0 Å². The molecule has 0 N–H and O–H groups in total. The van der Waals surface area contributed by atoms with Gasteiger partial charge in [-0.25, -0.2) is 0 Å².